The molecule has 5 heteroatoms. The van der Waals surface area contributed by atoms with Crippen molar-refractivity contribution < 1.29 is 14.6 Å². The number of nitrogens with one attached hydrogen (secondary N) is 1. The predicted molar refractivity (Wildman–Crippen MR) is 56.8 cm³/mol. The molecule has 0 spiro atoms. The second-order valence-electron chi connectivity index (χ2n) is 2.88. The Morgan fingerprint density at radius 2 is 2.13 bits per heavy atom. The molecule has 0 fully saturated rings. The fraction of sp³-hybridized carbons (Fsp3) is 0.300. The van der Waals surface area contributed by atoms with Crippen LogP contribution in [-0.4, -0.2) is 24.9 Å². The van der Waals surface area contributed by atoms with E-state index in [4.69, 9.17) is 21.4 Å². The van der Waals surface area contributed by atoms with Gasteiger partial charge in [-0.1, -0.05) is 23.7 Å². The fourth-order valence-corrected chi connectivity index (χ4v) is 1.20. The van der Waals surface area contributed by atoms with Crippen LogP contribution in [0.5, 0.6) is 0 Å². The largest absolute Gasteiger partial charge is 0.439 e. The molecule has 0 radical (unpaired) electrons. The van der Waals surface area contributed by atoms with Crippen LogP contribution in [0.4, 0.5) is 4.79 Å². The Kier molecular flexibility index (Phi) is 4.39. The van der Waals surface area contributed by atoms with Gasteiger partial charge in [-0.3, -0.25) is 0 Å². The summed E-state index contributed by atoms with van der Waals surface area (Å²) in [5, 5.41) is 12.0. The van der Waals surface area contributed by atoms with Gasteiger partial charge in [-0.25, -0.2) is 4.79 Å². The van der Waals surface area contributed by atoms with Gasteiger partial charge in [-0.2, -0.15) is 0 Å². The van der Waals surface area contributed by atoms with Gasteiger partial charge in [-0.15, -0.1) is 0 Å². The van der Waals surface area contributed by atoms with Crippen molar-refractivity contribution in [2.75, 3.05) is 13.7 Å². The maximum Gasteiger partial charge on any atom is 0.407 e. The van der Waals surface area contributed by atoms with Crippen molar-refractivity contribution in [3.63, 3.8) is 0 Å². The number of carbonyl (C=O) groups excluding carboxylic acids is 1. The molecule has 15 heavy (non-hydrogen) atoms. The van der Waals surface area contributed by atoms with Crippen LogP contribution in [0.2, 0.25) is 5.02 Å². The maximum absolute atomic E-state index is 11.0. The smallest absolute Gasteiger partial charge is 0.407 e. The summed E-state index contributed by atoms with van der Waals surface area (Å²) in [7, 11) is 1.46. The Bertz CT molecular complexity index is 326. The van der Waals surface area contributed by atoms with E-state index in [1.165, 1.54) is 7.05 Å². The highest BCUT2D eigenvalue weighted by Gasteiger charge is 2.14. The third-order valence-electron chi connectivity index (χ3n) is 1.86. The number of benzene rings is 1. The number of ether oxygens (including phenoxy) is 1. The molecule has 1 rings (SSSR count). The molecule has 1 aromatic carbocycles. The number of alkyl carbamates (subject to hydrolysis) is 1. The van der Waals surface area contributed by atoms with Gasteiger partial charge >= 0.3 is 6.09 Å². The molecule has 2 N–H and O–H groups in total. The summed E-state index contributed by atoms with van der Waals surface area (Å²) in [6.45, 7) is -0.269. The van der Waals surface area contributed by atoms with Gasteiger partial charge in [0.05, 0.1) is 6.61 Å². The van der Waals surface area contributed by atoms with E-state index in [1.54, 1.807) is 24.3 Å². The van der Waals surface area contributed by atoms with Crippen molar-refractivity contribution >= 4 is 17.7 Å². The van der Waals surface area contributed by atoms with E-state index in [1.807, 2.05) is 0 Å². The minimum absolute atomic E-state index is 0.269. The van der Waals surface area contributed by atoms with E-state index >= 15 is 0 Å². The van der Waals surface area contributed by atoms with E-state index in [0.717, 1.165) is 0 Å². The Balaban J connectivity index is 2.74. The molecule has 0 aromatic heterocycles. The average molecular weight is 230 g/mol. The number of rotatable bonds is 3. The molecule has 0 saturated heterocycles. The van der Waals surface area contributed by atoms with Crippen LogP contribution >= 0.6 is 11.6 Å². The van der Waals surface area contributed by atoms with E-state index in [-0.39, 0.29) is 6.61 Å². The first-order valence-corrected chi connectivity index (χ1v) is 4.80. The van der Waals surface area contributed by atoms with Gasteiger partial charge < -0.3 is 15.2 Å². The van der Waals surface area contributed by atoms with Gasteiger partial charge in [0.15, 0.2) is 6.10 Å². The quantitative estimate of drug-likeness (QED) is 0.830. The third kappa shape index (κ3) is 3.42. The summed E-state index contributed by atoms with van der Waals surface area (Å²) < 4.78 is 4.93. The van der Waals surface area contributed by atoms with Crippen LogP contribution in [0.1, 0.15) is 11.7 Å². The summed E-state index contributed by atoms with van der Waals surface area (Å²) >= 11 is 5.71. The van der Waals surface area contributed by atoms with Crippen LogP contribution in [0.3, 0.4) is 0 Å². The van der Waals surface area contributed by atoms with E-state index in [2.05, 4.69) is 5.32 Å². The number of halogens is 1. The Morgan fingerprint density at radius 3 is 2.60 bits per heavy atom. The van der Waals surface area contributed by atoms with E-state index in [9.17, 15) is 4.79 Å². The van der Waals surface area contributed by atoms with E-state index in [0.29, 0.717) is 10.6 Å². The highest BCUT2D eigenvalue weighted by Crippen LogP contribution is 2.19. The standard InChI is InChI=1S/C10H12ClNO3/c1-12-10(14)15-9(6-13)7-2-4-8(11)5-3-7/h2-5,9,13H,6H2,1H3,(H,12,14). The predicted octanol–water partition coefficient (Wildman–Crippen LogP) is 1.73. The number of hydrogen-bond acceptors (Lipinski definition) is 3. The lowest BCUT2D eigenvalue weighted by molar-refractivity contribution is 0.0584. The molecular weight excluding hydrogens is 218 g/mol. The first-order valence-electron chi connectivity index (χ1n) is 4.42. The molecule has 4 nitrogen and oxygen atoms in total. The van der Waals surface area contributed by atoms with Gasteiger partial charge in [-0.05, 0) is 17.7 Å². The van der Waals surface area contributed by atoms with Crippen molar-refractivity contribution in [3.05, 3.63) is 34.9 Å². The maximum atomic E-state index is 11.0. The zero-order valence-electron chi connectivity index (χ0n) is 8.24. The zero-order valence-corrected chi connectivity index (χ0v) is 8.99. The number of aliphatic hydroxyl groups excluding tert-OH is 1. The Hall–Kier alpha value is -1.26. The first-order chi connectivity index (χ1) is 7.17. The lowest BCUT2D eigenvalue weighted by Gasteiger charge is -2.15. The third-order valence-corrected chi connectivity index (χ3v) is 2.11. The molecule has 0 bridgehead atoms. The van der Waals surface area contributed by atoms with Gasteiger partial charge in [0.2, 0.25) is 0 Å². The zero-order chi connectivity index (χ0) is 11.3. The molecule has 82 valence electrons. The second-order valence-corrected chi connectivity index (χ2v) is 3.31. The Labute approximate surface area is 92.8 Å². The summed E-state index contributed by atoms with van der Waals surface area (Å²) in [4.78, 5) is 11.0. The van der Waals surface area contributed by atoms with Gasteiger partial charge in [0.1, 0.15) is 0 Å². The normalized spacial score (nSPS) is 11.9. The summed E-state index contributed by atoms with van der Waals surface area (Å²) in [5.41, 5.74) is 0.700. The number of carbonyl (C=O) groups is 1. The lowest BCUT2D eigenvalue weighted by Crippen LogP contribution is -2.23. The van der Waals surface area contributed by atoms with Gasteiger partial charge in [0.25, 0.3) is 0 Å². The lowest BCUT2D eigenvalue weighted by atomic mass is 10.1. The van der Waals surface area contributed by atoms with Crippen molar-refractivity contribution in [2.45, 2.75) is 6.10 Å². The van der Waals surface area contributed by atoms with Gasteiger partial charge in [0, 0.05) is 12.1 Å². The van der Waals surface area contributed by atoms with Crippen LogP contribution in [0.15, 0.2) is 24.3 Å². The molecule has 0 aliphatic heterocycles. The Morgan fingerprint density at radius 1 is 1.53 bits per heavy atom. The van der Waals surface area contributed by atoms with E-state index < -0.39 is 12.2 Å². The highest BCUT2D eigenvalue weighted by atomic mass is 35.5. The van der Waals surface area contributed by atoms with Crippen molar-refractivity contribution in [1.82, 2.24) is 5.32 Å². The summed E-state index contributed by atoms with van der Waals surface area (Å²) in [6.07, 6.45) is -1.24. The van der Waals surface area contributed by atoms with Crippen LogP contribution < -0.4 is 5.32 Å². The average Bonchev–Trinajstić information content (AvgIpc) is 2.27. The monoisotopic (exact) mass is 229 g/mol. The first kappa shape index (κ1) is 11.8. The van der Waals surface area contributed by atoms with Crippen LogP contribution in [0, 0.1) is 0 Å². The van der Waals surface area contributed by atoms with Crippen molar-refractivity contribution in [3.8, 4) is 0 Å². The molecule has 0 heterocycles. The molecule has 0 aliphatic carbocycles. The summed E-state index contributed by atoms with van der Waals surface area (Å²) in [6, 6.07) is 6.75. The molecule has 1 unspecified atom stereocenters. The minimum Gasteiger partial charge on any atom is -0.439 e. The second kappa shape index (κ2) is 5.58. The number of aliphatic hydroxyl groups is 1. The number of amides is 1. The topological polar surface area (TPSA) is 58.6 Å². The molecule has 1 atom stereocenters. The molecule has 1 aromatic rings. The molecule has 1 amide bonds. The van der Waals surface area contributed by atoms with Crippen LogP contribution in [-0.2, 0) is 4.74 Å². The summed E-state index contributed by atoms with van der Waals surface area (Å²) in [5.74, 6) is 0. The molecule has 0 saturated carbocycles. The molecule has 0 aliphatic rings. The number of hydrogen-bond donors (Lipinski definition) is 2. The minimum atomic E-state index is -0.665. The SMILES string of the molecule is CNC(=O)OC(CO)c1ccc(Cl)cc1. The van der Waals surface area contributed by atoms with Crippen molar-refractivity contribution in [1.29, 1.82) is 0 Å². The molecular formula is C10H12ClNO3. The fourth-order valence-electron chi connectivity index (χ4n) is 1.08. The van der Waals surface area contributed by atoms with Crippen molar-refractivity contribution in [2.24, 2.45) is 0 Å². The van der Waals surface area contributed by atoms with Crippen LogP contribution in [0.25, 0.3) is 0 Å². The highest BCUT2D eigenvalue weighted by molar-refractivity contribution is 6.30.